The van der Waals surface area contributed by atoms with Gasteiger partial charge in [-0.25, -0.2) is 0 Å². The maximum atomic E-state index is 6.89. The average Bonchev–Trinajstić information content (AvgIpc) is 3.31. The van der Waals surface area contributed by atoms with Crippen LogP contribution in [-0.2, 0) is 0 Å². The Hall–Kier alpha value is -2.58. The zero-order valence-electron chi connectivity index (χ0n) is 21.6. The van der Waals surface area contributed by atoms with Gasteiger partial charge in [0.25, 0.3) is 0 Å². The quantitative estimate of drug-likeness (QED) is 0.367. The minimum absolute atomic E-state index is 0.0175. The van der Waals surface area contributed by atoms with E-state index in [0.717, 1.165) is 36.4 Å². The van der Waals surface area contributed by atoms with Crippen LogP contribution in [0.15, 0.2) is 106 Å². The highest BCUT2D eigenvalue weighted by Gasteiger charge is 2.43. The number of likely N-dealkylation sites (N-methyl/N-ethyl adjacent to an activating group) is 2. The van der Waals surface area contributed by atoms with Gasteiger partial charge in [0.2, 0.25) is 5.70 Å². The Morgan fingerprint density at radius 3 is 2.29 bits per heavy atom. The van der Waals surface area contributed by atoms with E-state index in [1.165, 1.54) is 39.4 Å². The lowest BCUT2D eigenvalue weighted by Gasteiger charge is -2.22. The van der Waals surface area contributed by atoms with Gasteiger partial charge < -0.3 is 4.90 Å². The van der Waals surface area contributed by atoms with Crippen molar-refractivity contribution in [2.75, 3.05) is 14.1 Å². The maximum absolute atomic E-state index is 6.89. The van der Waals surface area contributed by atoms with E-state index in [4.69, 9.17) is 11.6 Å². The highest BCUT2D eigenvalue weighted by atomic mass is 35.5. The van der Waals surface area contributed by atoms with Crippen molar-refractivity contribution in [2.45, 2.75) is 53.4 Å². The summed E-state index contributed by atoms with van der Waals surface area (Å²) in [5.41, 5.74) is 10.0. The summed E-state index contributed by atoms with van der Waals surface area (Å²) in [4.78, 5) is 2.35. The van der Waals surface area contributed by atoms with Gasteiger partial charge in [-0.1, -0.05) is 69.0 Å². The van der Waals surface area contributed by atoms with Crippen molar-refractivity contribution in [3.63, 3.8) is 0 Å². The lowest BCUT2D eigenvalue weighted by Crippen LogP contribution is -2.24. The second-order valence-corrected chi connectivity index (χ2v) is 11.0. The molecule has 1 saturated heterocycles. The lowest BCUT2D eigenvalue weighted by atomic mass is 9.80. The van der Waals surface area contributed by atoms with Gasteiger partial charge in [0.05, 0.1) is 5.41 Å². The molecule has 2 nitrogen and oxygen atoms in total. The van der Waals surface area contributed by atoms with Crippen LogP contribution in [0, 0.1) is 10.8 Å². The number of likely N-dealkylation sites (tertiary alicyclic amines) is 1. The second kappa shape index (κ2) is 8.89. The van der Waals surface area contributed by atoms with Crippen molar-refractivity contribution in [2.24, 2.45) is 10.8 Å². The Balaban J connectivity index is 1.62. The zero-order valence-corrected chi connectivity index (χ0v) is 22.4. The van der Waals surface area contributed by atoms with Crippen molar-refractivity contribution in [1.82, 2.24) is 4.90 Å². The van der Waals surface area contributed by atoms with Crippen LogP contribution < -0.4 is 0 Å². The molecule has 2 heterocycles. The van der Waals surface area contributed by atoms with Gasteiger partial charge in [-0.05, 0) is 62.3 Å². The summed E-state index contributed by atoms with van der Waals surface area (Å²) in [6, 6.07) is 0. The molecule has 178 valence electrons. The predicted molar refractivity (Wildman–Crippen MR) is 147 cm³/mol. The molecule has 0 aromatic rings. The van der Waals surface area contributed by atoms with Crippen LogP contribution in [0.5, 0.6) is 0 Å². The average molecular weight is 474 g/mol. The molecule has 1 fully saturated rings. The highest BCUT2D eigenvalue weighted by molar-refractivity contribution is 6.33. The Morgan fingerprint density at radius 2 is 1.68 bits per heavy atom. The van der Waals surface area contributed by atoms with Gasteiger partial charge in [0.1, 0.15) is 7.05 Å². The summed E-state index contributed by atoms with van der Waals surface area (Å²) in [7, 11) is 4.28. The molecule has 4 rings (SSSR count). The minimum atomic E-state index is -0.121. The van der Waals surface area contributed by atoms with E-state index in [1.54, 1.807) is 0 Å². The molecule has 3 heteroatoms. The van der Waals surface area contributed by atoms with Crippen LogP contribution in [0.1, 0.15) is 53.4 Å². The Labute approximate surface area is 211 Å². The first-order chi connectivity index (χ1) is 16.1. The maximum Gasteiger partial charge on any atom is 0.208 e. The Bertz CT molecular complexity index is 1200. The van der Waals surface area contributed by atoms with E-state index in [0.29, 0.717) is 0 Å². The third-order valence-electron chi connectivity index (χ3n) is 7.99. The largest absolute Gasteiger partial charge is 0.347 e. The normalized spacial score (nSPS) is 26.3. The Kier molecular flexibility index (Phi) is 6.42. The molecule has 0 aromatic heterocycles. The standard InChI is InChI=1S/C31H38ClN2/c1-9-23-25(10-2)33(7)27(30(23,3)4)19-17-21-15-16-22(29(21)32)18-20-28-31(5,6)24-13-11-12-14-26(24)34(28)8/h9-10,13-14,17-20H,1-2,11-12,15-16H2,3-8H3/q+1. The molecule has 0 unspecified atom stereocenters. The summed E-state index contributed by atoms with van der Waals surface area (Å²) < 4.78 is 2.21. The summed E-state index contributed by atoms with van der Waals surface area (Å²) >= 11 is 6.89. The molecule has 34 heavy (non-hydrogen) atoms. The van der Waals surface area contributed by atoms with E-state index >= 15 is 0 Å². The summed E-state index contributed by atoms with van der Waals surface area (Å²) in [5.74, 6) is 0. The predicted octanol–water partition coefficient (Wildman–Crippen LogP) is 7.96. The monoisotopic (exact) mass is 473 g/mol. The van der Waals surface area contributed by atoms with E-state index in [9.17, 15) is 0 Å². The Morgan fingerprint density at radius 1 is 0.971 bits per heavy atom. The van der Waals surface area contributed by atoms with Gasteiger partial charge >= 0.3 is 0 Å². The summed E-state index contributed by atoms with van der Waals surface area (Å²) in [6.07, 6.45) is 21.8. The summed E-state index contributed by atoms with van der Waals surface area (Å²) in [6.45, 7) is 17.2. The number of allylic oxidation sites excluding steroid dienone is 14. The van der Waals surface area contributed by atoms with Crippen LogP contribution in [0.25, 0.3) is 0 Å². The van der Waals surface area contributed by atoms with Gasteiger partial charge in [-0.3, -0.25) is 0 Å². The van der Waals surface area contributed by atoms with Crippen LogP contribution in [0.4, 0.5) is 0 Å². The van der Waals surface area contributed by atoms with Crippen molar-refractivity contribution in [3.8, 4) is 0 Å². The molecule has 0 amide bonds. The number of hydrogen-bond acceptors (Lipinski definition) is 1. The first-order valence-electron chi connectivity index (χ1n) is 12.3. The fourth-order valence-corrected chi connectivity index (χ4v) is 6.36. The molecule has 0 radical (unpaired) electrons. The SMILES string of the molecule is C=CC1=C(C=C)C(C)(C)C(/C=C/C2=C(Cl)C(=C/C=C3/N(C)C4=CCCC=C4C3(C)C)/CC2)=[N+]1C. The molecule has 0 N–H and O–H groups in total. The van der Waals surface area contributed by atoms with Crippen LogP contribution in [-0.4, -0.2) is 29.3 Å². The smallest absolute Gasteiger partial charge is 0.208 e. The molecule has 0 aromatic carbocycles. The van der Waals surface area contributed by atoms with Crippen LogP contribution >= 0.6 is 11.6 Å². The van der Waals surface area contributed by atoms with Gasteiger partial charge in [0.15, 0.2) is 5.71 Å². The molecular weight excluding hydrogens is 436 g/mol. The topological polar surface area (TPSA) is 6.25 Å². The van der Waals surface area contributed by atoms with Crippen molar-refractivity contribution in [3.05, 3.63) is 106 Å². The molecule has 0 bridgehead atoms. The third-order valence-corrected chi connectivity index (χ3v) is 8.47. The van der Waals surface area contributed by atoms with Crippen molar-refractivity contribution in [1.29, 1.82) is 0 Å². The molecule has 0 spiro atoms. The van der Waals surface area contributed by atoms with E-state index < -0.39 is 0 Å². The van der Waals surface area contributed by atoms with E-state index in [1.807, 2.05) is 12.2 Å². The van der Waals surface area contributed by atoms with E-state index in [2.05, 4.69) is 101 Å². The zero-order chi connectivity index (χ0) is 24.8. The van der Waals surface area contributed by atoms with Gasteiger partial charge in [0, 0.05) is 46.6 Å². The minimum Gasteiger partial charge on any atom is -0.347 e. The fraction of sp³-hybridized carbons (Fsp3) is 0.387. The molecule has 2 aliphatic carbocycles. The molecule has 2 aliphatic heterocycles. The fourth-order valence-electron chi connectivity index (χ4n) is 6.04. The molecule has 0 atom stereocenters. The second-order valence-electron chi connectivity index (χ2n) is 10.7. The molecule has 4 aliphatic rings. The van der Waals surface area contributed by atoms with Crippen LogP contribution in [0.2, 0.25) is 0 Å². The first-order valence-corrected chi connectivity index (χ1v) is 12.7. The number of halogens is 1. The number of hydrogen-bond donors (Lipinski definition) is 0. The molecular formula is C31H38ClN2+. The number of nitrogens with zero attached hydrogens (tertiary/aromatic N) is 2. The highest BCUT2D eigenvalue weighted by Crippen LogP contribution is 2.50. The van der Waals surface area contributed by atoms with Crippen LogP contribution in [0.3, 0.4) is 0 Å². The van der Waals surface area contributed by atoms with Gasteiger partial charge in [-0.15, -0.1) is 0 Å². The van der Waals surface area contributed by atoms with Crippen molar-refractivity contribution >= 4 is 17.3 Å². The number of fused-ring (bicyclic) bond motifs is 1. The van der Waals surface area contributed by atoms with Gasteiger partial charge in [-0.2, -0.15) is 4.58 Å². The first kappa shape index (κ1) is 24.5. The molecule has 0 saturated carbocycles. The van der Waals surface area contributed by atoms with E-state index in [-0.39, 0.29) is 10.8 Å². The third kappa shape index (κ3) is 3.77. The lowest BCUT2D eigenvalue weighted by molar-refractivity contribution is -0.435. The summed E-state index contributed by atoms with van der Waals surface area (Å²) in [5, 5.41) is 0.891. The van der Waals surface area contributed by atoms with Crippen molar-refractivity contribution < 1.29 is 4.58 Å². The number of rotatable bonds is 5.